The smallest absolute Gasteiger partial charge is 0.124 e. The summed E-state index contributed by atoms with van der Waals surface area (Å²) in [4.78, 5) is 4.45. The lowest BCUT2D eigenvalue weighted by Gasteiger charge is -1.95. The third kappa shape index (κ3) is 3.51. The first-order chi connectivity index (χ1) is 5.83. The van der Waals surface area contributed by atoms with Gasteiger partial charge >= 0.3 is 0 Å². The molecule has 1 unspecified atom stereocenters. The molecule has 1 aliphatic heterocycles. The summed E-state index contributed by atoms with van der Waals surface area (Å²) in [6.07, 6.45) is 1.65. The van der Waals surface area contributed by atoms with Crippen molar-refractivity contribution in [2.45, 2.75) is 25.8 Å². The lowest BCUT2D eigenvalue weighted by atomic mass is 10.4. The molecule has 1 rings (SSSR count). The third-order valence-electron chi connectivity index (χ3n) is 1.43. The number of aliphatic imine (C=N–C) groups is 1. The van der Waals surface area contributed by atoms with Gasteiger partial charge in [0.1, 0.15) is 4.38 Å². The Morgan fingerprint density at radius 1 is 1.83 bits per heavy atom. The molecule has 2 nitrogen and oxygen atoms in total. The Labute approximate surface area is 81.8 Å². The van der Waals surface area contributed by atoms with Crippen molar-refractivity contribution in [2.75, 3.05) is 11.5 Å². The van der Waals surface area contributed by atoms with Crippen LogP contribution in [0.4, 0.5) is 0 Å². The minimum Gasteiger partial charge on any atom is -0.268 e. The van der Waals surface area contributed by atoms with E-state index < -0.39 is 0 Å². The van der Waals surface area contributed by atoms with Crippen LogP contribution in [-0.4, -0.2) is 21.9 Å². The highest BCUT2D eigenvalue weighted by Crippen LogP contribution is 2.26. The molecular formula is C8H12N2S2. The molecule has 0 saturated heterocycles. The normalized spacial score (nSPS) is 22.0. The maximum Gasteiger partial charge on any atom is 0.124 e. The lowest BCUT2D eigenvalue weighted by Crippen LogP contribution is -1.92. The van der Waals surface area contributed by atoms with E-state index in [1.54, 1.807) is 11.8 Å². The summed E-state index contributed by atoms with van der Waals surface area (Å²) in [5, 5.41) is 8.31. The van der Waals surface area contributed by atoms with Crippen LogP contribution < -0.4 is 0 Å². The Bertz CT molecular complexity index is 208. The predicted octanol–water partition coefficient (Wildman–Crippen LogP) is 2.51. The first-order valence-corrected chi connectivity index (χ1v) is 6.00. The fourth-order valence-electron chi connectivity index (χ4n) is 0.836. The molecule has 0 N–H and O–H groups in total. The Balaban J connectivity index is 2.08. The molecule has 0 radical (unpaired) electrons. The summed E-state index contributed by atoms with van der Waals surface area (Å²) in [5.74, 6) is 2.16. The molecule has 66 valence electrons. The van der Waals surface area contributed by atoms with Gasteiger partial charge in [-0.2, -0.15) is 5.26 Å². The highest BCUT2D eigenvalue weighted by Gasteiger charge is 2.13. The number of nitriles is 1. The standard InChI is InChI=1S/C8H12N2S2/c1-7-6-12-8(10-7)11-5-3-2-4-9/h7H,2-3,5-6H2,1H3. The number of rotatable bonds is 3. The molecule has 0 fully saturated rings. The maximum absolute atomic E-state index is 8.31. The van der Waals surface area contributed by atoms with Gasteiger partial charge in [-0.1, -0.05) is 23.5 Å². The number of unbranched alkanes of at least 4 members (excludes halogenated alkanes) is 1. The van der Waals surface area contributed by atoms with Crippen molar-refractivity contribution >= 4 is 27.9 Å². The van der Waals surface area contributed by atoms with Crippen molar-refractivity contribution in [1.29, 1.82) is 5.26 Å². The van der Waals surface area contributed by atoms with Crippen LogP contribution >= 0.6 is 23.5 Å². The second-order valence-corrected chi connectivity index (χ2v) is 5.02. The molecule has 0 aliphatic carbocycles. The minimum atomic E-state index is 0.494. The van der Waals surface area contributed by atoms with Crippen molar-refractivity contribution in [1.82, 2.24) is 0 Å². The molecular weight excluding hydrogens is 188 g/mol. The van der Waals surface area contributed by atoms with Crippen LogP contribution in [0.2, 0.25) is 0 Å². The molecule has 0 spiro atoms. The molecule has 12 heavy (non-hydrogen) atoms. The van der Waals surface area contributed by atoms with Crippen LogP contribution in [0.15, 0.2) is 4.99 Å². The zero-order valence-electron chi connectivity index (χ0n) is 7.12. The molecule has 0 saturated carbocycles. The molecule has 1 heterocycles. The second-order valence-electron chi connectivity index (χ2n) is 2.67. The number of hydrogen-bond donors (Lipinski definition) is 0. The molecule has 0 amide bonds. The molecule has 0 aromatic carbocycles. The Morgan fingerprint density at radius 3 is 3.25 bits per heavy atom. The van der Waals surface area contributed by atoms with Crippen LogP contribution in [0.25, 0.3) is 0 Å². The average molecular weight is 200 g/mol. The quantitative estimate of drug-likeness (QED) is 0.657. The Hall–Kier alpha value is -0.140. The second kappa shape index (κ2) is 5.50. The van der Waals surface area contributed by atoms with Crippen LogP contribution in [-0.2, 0) is 0 Å². The summed E-state index contributed by atoms with van der Waals surface area (Å²) in [6, 6.07) is 2.64. The Kier molecular flexibility index (Phi) is 4.55. The fourth-order valence-corrected chi connectivity index (χ4v) is 3.05. The zero-order chi connectivity index (χ0) is 8.81. The first-order valence-electron chi connectivity index (χ1n) is 4.03. The van der Waals surface area contributed by atoms with E-state index in [2.05, 4.69) is 18.0 Å². The predicted molar refractivity (Wildman–Crippen MR) is 56.7 cm³/mol. The van der Waals surface area contributed by atoms with E-state index >= 15 is 0 Å². The van der Waals surface area contributed by atoms with Crippen molar-refractivity contribution in [2.24, 2.45) is 4.99 Å². The zero-order valence-corrected chi connectivity index (χ0v) is 8.75. The molecule has 4 heteroatoms. The molecule has 0 bridgehead atoms. The van der Waals surface area contributed by atoms with Crippen LogP contribution in [0.1, 0.15) is 19.8 Å². The van der Waals surface area contributed by atoms with E-state index in [4.69, 9.17) is 5.26 Å². The van der Waals surface area contributed by atoms with Gasteiger partial charge in [0.25, 0.3) is 0 Å². The van der Waals surface area contributed by atoms with Gasteiger partial charge < -0.3 is 0 Å². The van der Waals surface area contributed by atoms with Gasteiger partial charge in [0, 0.05) is 17.9 Å². The van der Waals surface area contributed by atoms with E-state index in [0.29, 0.717) is 12.5 Å². The largest absolute Gasteiger partial charge is 0.268 e. The molecule has 0 aromatic heterocycles. The maximum atomic E-state index is 8.31. The van der Waals surface area contributed by atoms with Crippen molar-refractivity contribution in [3.63, 3.8) is 0 Å². The summed E-state index contributed by atoms with van der Waals surface area (Å²) in [6.45, 7) is 2.13. The number of nitrogens with zero attached hydrogens (tertiary/aromatic N) is 2. The number of hydrogen-bond acceptors (Lipinski definition) is 4. The van der Waals surface area contributed by atoms with Gasteiger partial charge in [-0.05, 0) is 13.3 Å². The van der Waals surface area contributed by atoms with Gasteiger partial charge in [-0.3, -0.25) is 4.99 Å². The van der Waals surface area contributed by atoms with Gasteiger partial charge in [0.2, 0.25) is 0 Å². The van der Waals surface area contributed by atoms with Gasteiger partial charge in [0.15, 0.2) is 0 Å². The first kappa shape index (κ1) is 9.94. The highest BCUT2D eigenvalue weighted by molar-refractivity contribution is 8.39. The third-order valence-corrected chi connectivity index (χ3v) is 3.99. The van der Waals surface area contributed by atoms with Crippen LogP contribution in [0, 0.1) is 11.3 Å². The SMILES string of the molecule is CC1CSC(SCCCC#N)=N1. The minimum absolute atomic E-state index is 0.494. The van der Waals surface area contributed by atoms with E-state index in [0.717, 1.165) is 17.9 Å². The van der Waals surface area contributed by atoms with E-state index in [9.17, 15) is 0 Å². The van der Waals surface area contributed by atoms with Crippen LogP contribution in [0.5, 0.6) is 0 Å². The monoisotopic (exact) mass is 200 g/mol. The van der Waals surface area contributed by atoms with Crippen molar-refractivity contribution in [3.8, 4) is 6.07 Å². The average Bonchev–Trinajstić information content (AvgIpc) is 2.45. The van der Waals surface area contributed by atoms with Gasteiger partial charge in [0.05, 0.1) is 12.1 Å². The van der Waals surface area contributed by atoms with Crippen molar-refractivity contribution < 1.29 is 0 Å². The summed E-state index contributed by atoms with van der Waals surface area (Å²) in [5.41, 5.74) is 0. The van der Waals surface area contributed by atoms with Gasteiger partial charge in [-0.25, -0.2) is 0 Å². The van der Waals surface area contributed by atoms with Crippen LogP contribution in [0.3, 0.4) is 0 Å². The topological polar surface area (TPSA) is 36.1 Å². The Morgan fingerprint density at radius 2 is 2.67 bits per heavy atom. The fraction of sp³-hybridized carbons (Fsp3) is 0.750. The summed E-state index contributed by atoms with van der Waals surface area (Å²) >= 11 is 3.63. The van der Waals surface area contributed by atoms with Crippen molar-refractivity contribution in [3.05, 3.63) is 0 Å². The van der Waals surface area contributed by atoms with E-state index in [-0.39, 0.29) is 0 Å². The van der Waals surface area contributed by atoms with E-state index in [1.165, 1.54) is 4.38 Å². The molecule has 1 aliphatic rings. The van der Waals surface area contributed by atoms with E-state index in [1.807, 2.05) is 11.8 Å². The lowest BCUT2D eigenvalue weighted by molar-refractivity contribution is 0.867. The summed E-state index contributed by atoms with van der Waals surface area (Å²) < 4.78 is 1.21. The van der Waals surface area contributed by atoms with Gasteiger partial charge in [-0.15, -0.1) is 0 Å². The number of thioether (sulfide) groups is 2. The summed E-state index contributed by atoms with van der Waals surface area (Å²) in [7, 11) is 0. The molecule has 1 atom stereocenters. The molecule has 0 aromatic rings. The highest BCUT2D eigenvalue weighted by atomic mass is 32.2.